The lowest BCUT2D eigenvalue weighted by Crippen LogP contribution is -2.13. The summed E-state index contributed by atoms with van der Waals surface area (Å²) in [6.07, 6.45) is 0. The highest BCUT2D eigenvalue weighted by Crippen LogP contribution is 2.14. The maximum atomic E-state index is 11.8. The predicted octanol–water partition coefficient (Wildman–Crippen LogP) is 1.16. The summed E-state index contributed by atoms with van der Waals surface area (Å²) in [5, 5.41) is 0.889. The number of hydrogen-bond donors (Lipinski definition) is 1. The van der Waals surface area contributed by atoms with Crippen LogP contribution in [0.2, 0.25) is 0 Å². The number of aryl methyl sites for hydroxylation is 1. The molecule has 0 bridgehead atoms. The topological polar surface area (TPSA) is 77.2 Å². The summed E-state index contributed by atoms with van der Waals surface area (Å²) in [5.41, 5.74) is 5.96. The molecule has 5 heteroatoms. The molecule has 1 aromatic carbocycles. The Bertz CT molecular complexity index is 527. The number of carbonyl (C=O) groups excluding carboxylic acids is 1. The van der Waals surface area contributed by atoms with Gasteiger partial charge in [-0.2, -0.15) is 0 Å². The van der Waals surface area contributed by atoms with Gasteiger partial charge in [-0.1, -0.05) is 17.7 Å². The summed E-state index contributed by atoms with van der Waals surface area (Å²) in [6, 6.07) is 6.38. The van der Waals surface area contributed by atoms with Crippen LogP contribution in [-0.4, -0.2) is 14.3 Å². The molecule has 0 aliphatic carbocycles. The van der Waals surface area contributed by atoms with Gasteiger partial charge >= 0.3 is 0 Å². The van der Waals surface area contributed by atoms with Crippen molar-refractivity contribution in [2.75, 3.05) is 0 Å². The van der Waals surface area contributed by atoms with Crippen molar-refractivity contribution >= 4 is 15.7 Å². The molecule has 16 heavy (non-hydrogen) atoms. The Morgan fingerprint density at radius 3 is 2.19 bits per heavy atom. The molecule has 0 radical (unpaired) electrons. The SMILES string of the molecule is C/C(=C\S(=O)(=O)c1ccc(C)cc1)C(N)=O. The Labute approximate surface area is 94.7 Å². The molecular weight excluding hydrogens is 226 g/mol. The van der Waals surface area contributed by atoms with E-state index in [1.807, 2.05) is 6.92 Å². The monoisotopic (exact) mass is 239 g/mol. The number of primary amides is 1. The lowest BCUT2D eigenvalue weighted by Gasteiger charge is -2.01. The van der Waals surface area contributed by atoms with Gasteiger partial charge < -0.3 is 5.73 Å². The second kappa shape index (κ2) is 4.49. The first kappa shape index (κ1) is 12.4. The highest BCUT2D eigenvalue weighted by atomic mass is 32.2. The third-order valence-electron chi connectivity index (χ3n) is 2.07. The zero-order valence-corrected chi connectivity index (χ0v) is 9.91. The molecule has 0 saturated carbocycles. The maximum Gasteiger partial charge on any atom is 0.245 e. The number of amides is 1. The molecule has 0 saturated heterocycles. The normalized spacial score (nSPS) is 12.5. The smallest absolute Gasteiger partial charge is 0.245 e. The second-order valence-corrected chi connectivity index (χ2v) is 5.32. The average molecular weight is 239 g/mol. The van der Waals surface area contributed by atoms with E-state index in [0.29, 0.717) is 0 Å². The molecule has 1 amide bonds. The minimum absolute atomic E-state index is 0.0144. The van der Waals surface area contributed by atoms with Gasteiger partial charge in [0, 0.05) is 11.0 Å². The van der Waals surface area contributed by atoms with Crippen LogP contribution >= 0.6 is 0 Å². The number of carbonyl (C=O) groups is 1. The van der Waals surface area contributed by atoms with E-state index in [9.17, 15) is 13.2 Å². The molecule has 0 heterocycles. The summed E-state index contributed by atoms with van der Waals surface area (Å²) in [4.78, 5) is 10.9. The minimum Gasteiger partial charge on any atom is -0.366 e. The van der Waals surface area contributed by atoms with E-state index >= 15 is 0 Å². The van der Waals surface area contributed by atoms with Gasteiger partial charge in [-0.15, -0.1) is 0 Å². The van der Waals surface area contributed by atoms with Crippen LogP contribution in [0.25, 0.3) is 0 Å². The Hall–Kier alpha value is -1.62. The fourth-order valence-corrected chi connectivity index (χ4v) is 2.32. The lowest BCUT2D eigenvalue weighted by molar-refractivity contribution is -0.114. The van der Waals surface area contributed by atoms with Crippen molar-refractivity contribution in [3.05, 3.63) is 40.8 Å². The quantitative estimate of drug-likeness (QED) is 0.804. The zero-order valence-electron chi connectivity index (χ0n) is 9.10. The van der Waals surface area contributed by atoms with Crippen molar-refractivity contribution in [1.82, 2.24) is 0 Å². The molecular formula is C11H13NO3S. The number of hydrogen-bond acceptors (Lipinski definition) is 3. The van der Waals surface area contributed by atoms with Crippen molar-refractivity contribution in [3.63, 3.8) is 0 Å². The summed E-state index contributed by atoms with van der Waals surface area (Å²) >= 11 is 0. The average Bonchev–Trinajstić information content (AvgIpc) is 2.17. The van der Waals surface area contributed by atoms with Gasteiger partial charge in [-0.3, -0.25) is 4.79 Å². The molecule has 0 spiro atoms. The summed E-state index contributed by atoms with van der Waals surface area (Å²) < 4.78 is 23.5. The number of benzene rings is 1. The Morgan fingerprint density at radius 1 is 1.25 bits per heavy atom. The standard InChI is InChI=1S/C11H13NO3S/c1-8-3-5-10(6-4-8)16(14,15)7-9(2)11(12)13/h3-7H,1-2H3,(H2,12,13)/b9-7+. The largest absolute Gasteiger partial charge is 0.366 e. The van der Waals surface area contributed by atoms with Crippen LogP contribution in [0.3, 0.4) is 0 Å². The highest BCUT2D eigenvalue weighted by molar-refractivity contribution is 7.94. The Balaban J connectivity index is 3.18. The molecule has 1 aromatic rings. The molecule has 0 atom stereocenters. The van der Waals surface area contributed by atoms with Gasteiger partial charge in [-0.25, -0.2) is 8.42 Å². The molecule has 0 aliphatic rings. The first-order valence-corrected chi connectivity index (χ1v) is 6.17. The van der Waals surface area contributed by atoms with Crippen molar-refractivity contribution in [2.45, 2.75) is 18.7 Å². The van der Waals surface area contributed by atoms with Crippen LogP contribution in [0.1, 0.15) is 12.5 Å². The van der Waals surface area contributed by atoms with Crippen LogP contribution in [0, 0.1) is 6.92 Å². The maximum absolute atomic E-state index is 11.8. The first-order chi connectivity index (χ1) is 7.33. The van der Waals surface area contributed by atoms with Crippen molar-refractivity contribution in [2.24, 2.45) is 5.73 Å². The third kappa shape index (κ3) is 2.93. The van der Waals surface area contributed by atoms with Crippen molar-refractivity contribution < 1.29 is 13.2 Å². The first-order valence-electron chi connectivity index (χ1n) is 4.63. The van der Waals surface area contributed by atoms with Gasteiger partial charge in [0.15, 0.2) is 9.84 Å². The van der Waals surface area contributed by atoms with Crippen LogP contribution in [0.4, 0.5) is 0 Å². The van der Waals surface area contributed by atoms with Gasteiger partial charge in [0.05, 0.1) is 4.90 Å². The highest BCUT2D eigenvalue weighted by Gasteiger charge is 2.12. The van der Waals surface area contributed by atoms with Crippen molar-refractivity contribution in [1.29, 1.82) is 0 Å². The number of nitrogens with two attached hydrogens (primary N) is 1. The van der Waals surface area contributed by atoms with E-state index in [-0.39, 0.29) is 10.5 Å². The molecule has 4 nitrogen and oxygen atoms in total. The van der Waals surface area contributed by atoms with E-state index in [1.165, 1.54) is 19.1 Å². The molecule has 0 unspecified atom stereocenters. The van der Waals surface area contributed by atoms with Crippen LogP contribution in [-0.2, 0) is 14.6 Å². The summed E-state index contributed by atoms with van der Waals surface area (Å²) in [6.45, 7) is 3.23. The van der Waals surface area contributed by atoms with Gasteiger partial charge in [0.1, 0.15) is 0 Å². The van der Waals surface area contributed by atoms with Crippen molar-refractivity contribution in [3.8, 4) is 0 Å². The van der Waals surface area contributed by atoms with E-state index in [0.717, 1.165) is 11.0 Å². The number of sulfone groups is 1. The molecule has 2 N–H and O–H groups in total. The van der Waals surface area contributed by atoms with Gasteiger partial charge in [0.25, 0.3) is 0 Å². The lowest BCUT2D eigenvalue weighted by atomic mass is 10.2. The van der Waals surface area contributed by atoms with E-state index in [4.69, 9.17) is 5.73 Å². The fraction of sp³-hybridized carbons (Fsp3) is 0.182. The molecule has 0 fully saturated rings. The number of rotatable bonds is 3. The summed E-state index contributed by atoms with van der Waals surface area (Å²) in [5.74, 6) is -0.740. The molecule has 0 aromatic heterocycles. The van der Waals surface area contributed by atoms with Gasteiger partial charge in [-0.05, 0) is 26.0 Å². The van der Waals surface area contributed by atoms with Crippen LogP contribution in [0.5, 0.6) is 0 Å². The van der Waals surface area contributed by atoms with E-state index < -0.39 is 15.7 Å². The fourth-order valence-electron chi connectivity index (χ4n) is 1.09. The Morgan fingerprint density at radius 2 is 1.75 bits per heavy atom. The molecule has 1 rings (SSSR count). The summed E-state index contributed by atoms with van der Waals surface area (Å²) in [7, 11) is -3.58. The third-order valence-corrected chi connectivity index (χ3v) is 3.66. The minimum atomic E-state index is -3.58. The predicted molar refractivity (Wildman–Crippen MR) is 61.3 cm³/mol. The van der Waals surface area contributed by atoms with Crippen LogP contribution in [0.15, 0.2) is 40.1 Å². The zero-order chi connectivity index (χ0) is 12.3. The van der Waals surface area contributed by atoms with E-state index in [1.54, 1.807) is 12.1 Å². The molecule has 0 aliphatic heterocycles. The second-order valence-electron chi connectivity index (χ2n) is 3.52. The van der Waals surface area contributed by atoms with Gasteiger partial charge in [0.2, 0.25) is 5.91 Å². The molecule has 86 valence electrons. The van der Waals surface area contributed by atoms with E-state index in [2.05, 4.69) is 0 Å². The Kier molecular flexibility index (Phi) is 3.49. The van der Waals surface area contributed by atoms with Crippen LogP contribution < -0.4 is 5.73 Å².